The van der Waals surface area contributed by atoms with E-state index in [4.69, 9.17) is 0 Å². The predicted molar refractivity (Wildman–Crippen MR) is 128 cm³/mol. The van der Waals surface area contributed by atoms with Gasteiger partial charge < -0.3 is 14.6 Å². The molecule has 4 aromatic rings. The van der Waals surface area contributed by atoms with E-state index in [0.717, 1.165) is 11.3 Å². The molecule has 164 valence electrons. The van der Waals surface area contributed by atoms with Gasteiger partial charge in [0.25, 0.3) is 5.91 Å². The van der Waals surface area contributed by atoms with Crippen molar-refractivity contribution in [2.24, 2.45) is 0 Å². The maximum Gasteiger partial charge on any atom is 0.264 e. The van der Waals surface area contributed by atoms with Crippen LogP contribution in [0.4, 0.5) is 5.69 Å². The minimum atomic E-state index is -1.88. The zero-order valence-corrected chi connectivity index (χ0v) is 18.1. The Labute approximate surface area is 192 Å². The summed E-state index contributed by atoms with van der Waals surface area (Å²) in [4.78, 5) is 28.3. The molecule has 0 saturated carbocycles. The van der Waals surface area contributed by atoms with E-state index in [1.807, 2.05) is 83.7 Å². The van der Waals surface area contributed by atoms with Gasteiger partial charge in [0.1, 0.15) is 0 Å². The molecule has 1 atom stereocenters. The van der Waals surface area contributed by atoms with Gasteiger partial charge in [-0.25, -0.2) is 0 Å². The molecule has 0 unspecified atom stereocenters. The number of aromatic nitrogens is 1. The van der Waals surface area contributed by atoms with Crippen LogP contribution < -0.4 is 4.90 Å². The molecule has 33 heavy (non-hydrogen) atoms. The van der Waals surface area contributed by atoms with Crippen LogP contribution in [0.25, 0.3) is 5.69 Å². The Morgan fingerprint density at radius 1 is 0.848 bits per heavy atom. The largest absolute Gasteiger partial charge is 0.375 e. The maximum atomic E-state index is 13.4. The normalized spacial score (nSPS) is 17.2. The number of para-hydroxylation sites is 1. The van der Waals surface area contributed by atoms with Gasteiger partial charge in [0.05, 0.1) is 12.1 Å². The molecule has 1 amide bonds. The van der Waals surface area contributed by atoms with Crippen molar-refractivity contribution in [2.75, 3.05) is 11.4 Å². The smallest absolute Gasteiger partial charge is 0.264 e. The summed E-state index contributed by atoms with van der Waals surface area (Å²) in [6.07, 6.45) is 4.15. The summed E-state index contributed by atoms with van der Waals surface area (Å²) in [5, 5.41) is 11.5. The molecule has 0 radical (unpaired) electrons. The average Bonchev–Trinajstić information content (AvgIpc) is 3.46. The van der Waals surface area contributed by atoms with E-state index < -0.39 is 11.5 Å². The predicted octanol–water partition coefficient (Wildman–Crippen LogP) is 4.53. The molecule has 0 aliphatic carbocycles. The first kappa shape index (κ1) is 20.9. The fourth-order valence-corrected chi connectivity index (χ4v) is 4.47. The van der Waals surface area contributed by atoms with E-state index in [-0.39, 0.29) is 12.2 Å². The molecular formula is C28H24N2O3. The Bertz CT molecular complexity index is 1300. The fraction of sp³-hybridized carbons (Fsp3) is 0.143. The summed E-state index contributed by atoms with van der Waals surface area (Å²) < 4.78 is 1.91. The minimum absolute atomic E-state index is 0.278. The number of anilines is 1. The lowest BCUT2D eigenvalue weighted by atomic mass is 9.88. The monoisotopic (exact) mass is 436 g/mol. The van der Waals surface area contributed by atoms with Crippen LogP contribution in [0.15, 0.2) is 103 Å². The van der Waals surface area contributed by atoms with Crippen LogP contribution in [-0.2, 0) is 16.8 Å². The lowest BCUT2D eigenvalue weighted by Gasteiger charge is -2.23. The van der Waals surface area contributed by atoms with Gasteiger partial charge >= 0.3 is 0 Å². The zero-order valence-electron chi connectivity index (χ0n) is 18.1. The van der Waals surface area contributed by atoms with Crippen molar-refractivity contribution in [3.63, 3.8) is 0 Å². The summed E-state index contributed by atoms with van der Waals surface area (Å²) >= 11 is 0. The highest BCUT2D eigenvalue weighted by atomic mass is 16.3. The second kappa shape index (κ2) is 8.52. The van der Waals surface area contributed by atoms with Crippen LogP contribution in [0.5, 0.6) is 0 Å². The van der Waals surface area contributed by atoms with Crippen molar-refractivity contribution in [2.45, 2.75) is 18.4 Å². The first-order valence-corrected chi connectivity index (χ1v) is 11.0. The van der Waals surface area contributed by atoms with Gasteiger partial charge in [-0.1, -0.05) is 60.7 Å². The molecule has 1 aromatic heterocycles. The topological polar surface area (TPSA) is 62.5 Å². The number of Topliss-reactive ketones (excluding diaryl/α,β-unsaturated/α-hetero) is 1. The summed E-state index contributed by atoms with van der Waals surface area (Å²) in [5.41, 5.74) is 1.68. The van der Waals surface area contributed by atoms with E-state index in [9.17, 15) is 14.7 Å². The van der Waals surface area contributed by atoms with Crippen LogP contribution in [-0.4, -0.2) is 27.9 Å². The SMILES string of the molecule is O=C(C[C@]1(O)C(=O)N(CCc2ccccc2)c2ccccc21)c1cccc(-n2cccc2)c1. The van der Waals surface area contributed by atoms with Gasteiger partial charge in [-0.15, -0.1) is 0 Å². The van der Waals surface area contributed by atoms with Crippen molar-refractivity contribution in [3.05, 3.63) is 120 Å². The number of carbonyl (C=O) groups excluding carboxylic acids is 2. The summed E-state index contributed by atoms with van der Waals surface area (Å²) in [6.45, 7) is 0.430. The van der Waals surface area contributed by atoms with E-state index in [1.165, 1.54) is 0 Å². The van der Waals surface area contributed by atoms with Crippen molar-refractivity contribution in [1.82, 2.24) is 4.57 Å². The standard InChI is InChI=1S/C28H24N2O3/c31-26(22-11-8-12-23(19-22)29-16-6-7-17-29)20-28(33)24-13-4-5-14-25(24)30(27(28)32)18-15-21-9-2-1-3-10-21/h1-14,16-17,19,33H,15,18,20H2/t28-/m1/s1. The number of hydrogen-bond donors (Lipinski definition) is 1. The first-order valence-electron chi connectivity index (χ1n) is 11.0. The molecule has 0 bridgehead atoms. The lowest BCUT2D eigenvalue weighted by Crippen LogP contribution is -2.42. The molecule has 5 rings (SSSR count). The van der Waals surface area contributed by atoms with Gasteiger partial charge in [-0.3, -0.25) is 9.59 Å². The van der Waals surface area contributed by atoms with Gasteiger partial charge in [-0.2, -0.15) is 0 Å². The third-order valence-corrected chi connectivity index (χ3v) is 6.19. The lowest BCUT2D eigenvalue weighted by molar-refractivity contribution is -0.135. The van der Waals surface area contributed by atoms with Gasteiger partial charge in [0.15, 0.2) is 11.4 Å². The van der Waals surface area contributed by atoms with E-state index in [1.54, 1.807) is 29.2 Å². The number of aliphatic hydroxyl groups is 1. The molecule has 0 saturated heterocycles. The van der Waals surface area contributed by atoms with Crippen molar-refractivity contribution >= 4 is 17.4 Å². The maximum absolute atomic E-state index is 13.4. The van der Waals surface area contributed by atoms with Crippen molar-refractivity contribution < 1.29 is 14.7 Å². The highest BCUT2D eigenvalue weighted by Gasteiger charge is 2.50. The molecule has 5 nitrogen and oxygen atoms in total. The van der Waals surface area contributed by atoms with E-state index in [0.29, 0.717) is 29.8 Å². The number of amides is 1. The van der Waals surface area contributed by atoms with Crippen LogP contribution in [0, 0.1) is 0 Å². The highest BCUT2D eigenvalue weighted by Crippen LogP contribution is 2.43. The second-order valence-corrected chi connectivity index (χ2v) is 8.31. The van der Waals surface area contributed by atoms with Crippen LogP contribution in [0.1, 0.15) is 27.9 Å². The Kier molecular flexibility index (Phi) is 5.40. The number of rotatable bonds is 7. The first-order chi connectivity index (χ1) is 16.1. The molecule has 5 heteroatoms. The molecule has 1 aliphatic rings. The number of carbonyl (C=O) groups is 2. The summed E-state index contributed by atoms with van der Waals surface area (Å²) in [5.74, 6) is -0.728. The quantitative estimate of drug-likeness (QED) is 0.433. The molecule has 0 spiro atoms. The molecule has 1 N–H and O–H groups in total. The van der Waals surface area contributed by atoms with Crippen LogP contribution >= 0.6 is 0 Å². The minimum Gasteiger partial charge on any atom is -0.375 e. The van der Waals surface area contributed by atoms with Gasteiger partial charge in [0.2, 0.25) is 0 Å². The Hall–Kier alpha value is -3.96. The van der Waals surface area contributed by atoms with Crippen LogP contribution in [0.3, 0.4) is 0 Å². The molecule has 2 heterocycles. The van der Waals surface area contributed by atoms with Crippen LogP contribution in [0.2, 0.25) is 0 Å². The number of nitrogens with zero attached hydrogens (tertiary/aromatic N) is 2. The summed E-state index contributed by atoms with van der Waals surface area (Å²) in [7, 11) is 0. The molecular weight excluding hydrogens is 412 g/mol. The number of hydrogen-bond acceptors (Lipinski definition) is 3. The molecule has 1 aliphatic heterocycles. The number of benzene rings is 3. The Morgan fingerprint density at radius 2 is 1.58 bits per heavy atom. The zero-order chi connectivity index (χ0) is 22.8. The Balaban J connectivity index is 1.41. The highest BCUT2D eigenvalue weighted by molar-refractivity contribution is 6.10. The fourth-order valence-electron chi connectivity index (χ4n) is 4.47. The van der Waals surface area contributed by atoms with Crippen molar-refractivity contribution in [1.29, 1.82) is 0 Å². The Morgan fingerprint density at radius 3 is 2.36 bits per heavy atom. The third-order valence-electron chi connectivity index (χ3n) is 6.19. The van der Waals surface area contributed by atoms with E-state index >= 15 is 0 Å². The second-order valence-electron chi connectivity index (χ2n) is 8.31. The average molecular weight is 437 g/mol. The van der Waals surface area contributed by atoms with Gasteiger partial charge in [0, 0.05) is 35.8 Å². The molecule has 0 fully saturated rings. The van der Waals surface area contributed by atoms with Gasteiger partial charge in [-0.05, 0) is 42.3 Å². The number of fused-ring (bicyclic) bond motifs is 1. The molecule has 3 aromatic carbocycles. The number of ketones is 1. The van der Waals surface area contributed by atoms with E-state index in [2.05, 4.69) is 0 Å². The van der Waals surface area contributed by atoms with Crippen molar-refractivity contribution in [3.8, 4) is 5.69 Å². The summed E-state index contributed by atoms with van der Waals surface area (Å²) in [6, 6.07) is 28.1. The third kappa shape index (κ3) is 3.88.